The Morgan fingerprint density at radius 2 is 1.96 bits per heavy atom. The summed E-state index contributed by atoms with van der Waals surface area (Å²) in [6.45, 7) is 4.03. The van der Waals surface area contributed by atoms with E-state index in [1.165, 1.54) is 12.0 Å². The molecule has 8 heteroatoms. The first-order chi connectivity index (χ1) is 11.3. The van der Waals surface area contributed by atoms with E-state index in [9.17, 15) is 19.6 Å². The van der Waals surface area contributed by atoms with Gasteiger partial charge in [-0.05, 0) is 6.42 Å². The summed E-state index contributed by atoms with van der Waals surface area (Å²) < 4.78 is 5.09. The maximum atomic E-state index is 12.6. The zero-order chi connectivity index (χ0) is 18.7. The molecule has 8 nitrogen and oxygen atoms in total. The minimum Gasteiger partial charge on any atom is -0.384 e. The molecule has 0 bridgehead atoms. The van der Waals surface area contributed by atoms with Crippen molar-refractivity contribution in [2.45, 2.75) is 39.2 Å². The van der Waals surface area contributed by atoms with Crippen LogP contribution in [0.2, 0.25) is 0 Å². The van der Waals surface area contributed by atoms with Gasteiger partial charge >= 0.3 is 0 Å². The SMILES string of the molecule is CCCC[C@H](CN(O)C=O)C(=O)N[C@H](C(=O)N(C)C)C(C)COC. The zero-order valence-corrected chi connectivity index (χ0v) is 15.3. The molecule has 0 aliphatic rings. The number of ether oxygens (including phenoxy) is 1. The van der Waals surface area contributed by atoms with Crippen molar-refractivity contribution in [3.63, 3.8) is 0 Å². The van der Waals surface area contributed by atoms with Crippen LogP contribution < -0.4 is 5.32 Å². The number of hydroxylamine groups is 2. The standard InChI is InChI=1S/C16H31N3O5/c1-6-7-8-13(9-19(23)11-20)15(21)17-14(12(2)10-24-5)16(22)18(3)4/h11-14,23H,6-10H2,1-5H3,(H,17,21)/t12?,13-,14+/m1/s1. The molecular formula is C16H31N3O5. The molecule has 24 heavy (non-hydrogen) atoms. The number of methoxy groups -OCH3 is 1. The van der Waals surface area contributed by atoms with Crippen LogP contribution in [0.1, 0.15) is 33.1 Å². The van der Waals surface area contributed by atoms with Crippen LogP contribution in [0, 0.1) is 11.8 Å². The smallest absolute Gasteiger partial charge is 0.244 e. The fourth-order valence-electron chi connectivity index (χ4n) is 2.38. The second-order valence-electron chi connectivity index (χ2n) is 6.22. The molecule has 0 heterocycles. The molecule has 0 aromatic carbocycles. The maximum absolute atomic E-state index is 12.6. The molecular weight excluding hydrogens is 314 g/mol. The number of carbonyl (C=O) groups is 3. The number of likely N-dealkylation sites (N-methyl/N-ethyl adjacent to an activating group) is 1. The topological polar surface area (TPSA) is 99.2 Å². The first kappa shape index (κ1) is 22.3. The van der Waals surface area contributed by atoms with Crippen molar-refractivity contribution in [3.05, 3.63) is 0 Å². The highest BCUT2D eigenvalue weighted by atomic mass is 16.5. The first-order valence-electron chi connectivity index (χ1n) is 8.19. The lowest BCUT2D eigenvalue weighted by molar-refractivity contribution is -0.155. The van der Waals surface area contributed by atoms with Crippen molar-refractivity contribution in [2.75, 3.05) is 34.4 Å². The van der Waals surface area contributed by atoms with Gasteiger partial charge in [-0.25, -0.2) is 5.06 Å². The van der Waals surface area contributed by atoms with E-state index in [0.29, 0.717) is 18.1 Å². The van der Waals surface area contributed by atoms with Crippen molar-refractivity contribution >= 4 is 18.2 Å². The summed E-state index contributed by atoms with van der Waals surface area (Å²) in [5.74, 6) is -1.37. The van der Waals surface area contributed by atoms with Crippen LogP contribution in [0.4, 0.5) is 0 Å². The Balaban J connectivity index is 5.12. The number of hydrogen-bond donors (Lipinski definition) is 2. The van der Waals surface area contributed by atoms with Crippen molar-refractivity contribution in [1.82, 2.24) is 15.3 Å². The Kier molecular flexibility index (Phi) is 11.0. The average molecular weight is 345 g/mol. The van der Waals surface area contributed by atoms with E-state index < -0.39 is 12.0 Å². The highest BCUT2D eigenvalue weighted by Crippen LogP contribution is 2.13. The number of nitrogens with zero attached hydrogens (tertiary/aromatic N) is 2. The van der Waals surface area contributed by atoms with E-state index in [0.717, 1.165) is 12.8 Å². The second-order valence-corrected chi connectivity index (χ2v) is 6.22. The lowest BCUT2D eigenvalue weighted by Crippen LogP contribution is -2.53. The predicted molar refractivity (Wildman–Crippen MR) is 89.2 cm³/mol. The van der Waals surface area contributed by atoms with Crippen molar-refractivity contribution < 1.29 is 24.3 Å². The van der Waals surface area contributed by atoms with Gasteiger partial charge in [-0.3, -0.25) is 19.6 Å². The first-order valence-corrected chi connectivity index (χ1v) is 8.19. The number of carbonyl (C=O) groups excluding carboxylic acids is 3. The molecule has 0 saturated heterocycles. The van der Waals surface area contributed by atoms with Crippen LogP contribution in [0.25, 0.3) is 0 Å². The van der Waals surface area contributed by atoms with Gasteiger partial charge in [0.15, 0.2) is 0 Å². The van der Waals surface area contributed by atoms with E-state index in [1.54, 1.807) is 14.1 Å². The molecule has 0 aliphatic carbocycles. The Labute approximate surface area is 144 Å². The molecule has 3 atom stereocenters. The van der Waals surface area contributed by atoms with E-state index in [1.807, 2.05) is 13.8 Å². The van der Waals surface area contributed by atoms with Gasteiger partial charge < -0.3 is 15.0 Å². The largest absolute Gasteiger partial charge is 0.384 e. The normalized spacial score (nSPS) is 14.4. The summed E-state index contributed by atoms with van der Waals surface area (Å²) in [5.41, 5.74) is 0. The van der Waals surface area contributed by atoms with Crippen LogP contribution >= 0.6 is 0 Å². The third kappa shape index (κ3) is 7.74. The lowest BCUT2D eigenvalue weighted by Gasteiger charge is -2.28. The van der Waals surface area contributed by atoms with Gasteiger partial charge in [-0.15, -0.1) is 0 Å². The lowest BCUT2D eigenvalue weighted by atomic mass is 9.97. The highest BCUT2D eigenvalue weighted by molar-refractivity contribution is 5.88. The second kappa shape index (κ2) is 11.8. The quantitative estimate of drug-likeness (QED) is 0.305. The highest BCUT2D eigenvalue weighted by Gasteiger charge is 2.31. The van der Waals surface area contributed by atoms with E-state index in [-0.39, 0.29) is 30.7 Å². The van der Waals surface area contributed by atoms with Crippen LogP contribution in [0.5, 0.6) is 0 Å². The molecule has 0 spiro atoms. The average Bonchev–Trinajstić information content (AvgIpc) is 2.55. The molecule has 3 amide bonds. The van der Waals surface area contributed by atoms with Gasteiger partial charge in [0.05, 0.1) is 19.1 Å². The van der Waals surface area contributed by atoms with Crippen molar-refractivity contribution in [3.8, 4) is 0 Å². The number of unbranched alkanes of at least 4 members (excludes halogenated alkanes) is 1. The molecule has 0 radical (unpaired) electrons. The summed E-state index contributed by atoms with van der Waals surface area (Å²) in [4.78, 5) is 37.0. The molecule has 140 valence electrons. The Bertz CT molecular complexity index is 403. The van der Waals surface area contributed by atoms with Crippen LogP contribution in [-0.4, -0.2) is 73.8 Å². The van der Waals surface area contributed by atoms with Crippen LogP contribution in [0.3, 0.4) is 0 Å². The molecule has 0 fully saturated rings. The Morgan fingerprint density at radius 3 is 2.42 bits per heavy atom. The number of hydrogen-bond acceptors (Lipinski definition) is 5. The minimum atomic E-state index is -0.722. The van der Waals surface area contributed by atoms with E-state index in [2.05, 4.69) is 5.32 Å². The zero-order valence-electron chi connectivity index (χ0n) is 15.3. The minimum absolute atomic E-state index is 0.100. The molecule has 0 aromatic heterocycles. The van der Waals surface area contributed by atoms with Gasteiger partial charge in [0.25, 0.3) is 0 Å². The maximum Gasteiger partial charge on any atom is 0.244 e. The van der Waals surface area contributed by atoms with E-state index in [4.69, 9.17) is 4.74 Å². The number of amides is 3. The van der Waals surface area contributed by atoms with Gasteiger partial charge in [0.1, 0.15) is 6.04 Å². The number of nitrogens with one attached hydrogen (secondary N) is 1. The van der Waals surface area contributed by atoms with E-state index >= 15 is 0 Å². The monoisotopic (exact) mass is 345 g/mol. The number of rotatable bonds is 12. The third-order valence-corrected chi connectivity index (χ3v) is 3.81. The third-order valence-electron chi connectivity index (χ3n) is 3.81. The molecule has 2 N–H and O–H groups in total. The predicted octanol–water partition coefficient (Wildman–Crippen LogP) is 0.496. The van der Waals surface area contributed by atoms with Gasteiger partial charge in [0.2, 0.25) is 18.2 Å². The van der Waals surface area contributed by atoms with Crippen LogP contribution in [-0.2, 0) is 19.1 Å². The fourth-order valence-corrected chi connectivity index (χ4v) is 2.38. The molecule has 1 unspecified atom stereocenters. The summed E-state index contributed by atoms with van der Waals surface area (Å²) >= 11 is 0. The summed E-state index contributed by atoms with van der Waals surface area (Å²) in [6, 6.07) is -0.722. The molecule has 0 rings (SSSR count). The molecule has 0 aliphatic heterocycles. The van der Waals surface area contributed by atoms with Crippen molar-refractivity contribution in [2.24, 2.45) is 11.8 Å². The fraction of sp³-hybridized carbons (Fsp3) is 0.812. The van der Waals surface area contributed by atoms with Crippen LogP contribution in [0.15, 0.2) is 0 Å². The summed E-state index contributed by atoms with van der Waals surface area (Å²) in [5, 5.41) is 12.6. The summed E-state index contributed by atoms with van der Waals surface area (Å²) in [6.07, 6.45) is 2.46. The summed E-state index contributed by atoms with van der Waals surface area (Å²) in [7, 11) is 4.78. The molecule has 0 saturated carbocycles. The van der Waals surface area contributed by atoms with Gasteiger partial charge in [-0.2, -0.15) is 0 Å². The Morgan fingerprint density at radius 1 is 1.33 bits per heavy atom. The Hall–Kier alpha value is -1.67. The van der Waals surface area contributed by atoms with Crippen molar-refractivity contribution in [1.29, 1.82) is 0 Å². The van der Waals surface area contributed by atoms with Gasteiger partial charge in [0, 0.05) is 27.1 Å². The van der Waals surface area contributed by atoms with Gasteiger partial charge in [-0.1, -0.05) is 26.7 Å². The molecule has 0 aromatic rings.